The SMILES string of the molecule is CC1=C(C)N(CN2C(C)=C(C)N(C)C2C)C(C)N1C. The van der Waals surface area contributed by atoms with Crippen LogP contribution in [-0.2, 0) is 0 Å². The molecular formula is C15H28N4. The van der Waals surface area contributed by atoms with Crippen molar-refractivity contribution in [2.75, 3.05) is 20.8 Å². The van der Waals surface area contributed by atoms with Crippen LogP contribution in [0.25, 0.3) is 0 Å². The van der Waals surface area contributed by atoms with Crippen LogP contribution in [0.5, 0.6) is 0 Å². The lowest BCUT2D eigenvalue weighted by atomic mass is 10.3. The number of nitrogens with zero attached hydrogens (tertiary/aromatic N) is 4. The molecule has 0 aliphatic carbocycles. The Kier molecular flexibility index (Phi) is 3.45. The fourth-order valence-corrected chi connectivity index (χ4v) is 3.08. The lowest BCUT2D eigenvalue weighted by Crippen LogP contribution is -2.46. The molecule has 2 aliphatic rings. The molecule has 0 saturated heterocycles. The van der Waals surface area contributed by atoms with Gasteiger partial charge in [-0.05, 0) is 41.5 Å². The van der Waals surface area contributed by atoms with E-state index in [0.717, 1.165) is 6.67 Å². The predicted molar refractivity (Wildman–Crippen MR) is 79.7 cm³/mol. The van der Waals surface area contributed by atoms with Crippen LogP contribution in [0.3, 0.4) is 0 Å². The molecule has 4 nitrogen and oxygen atoms in total. The molecule has 0 bridgehead atoms. The largest absolute Gasteiger partial charge is 0.357 e. The third-order valence-electron chi connectivity index (χ3n) is 5.29. The molecule has 0 aromatic heterocycles. The average Bonchev–Trinajstić information content (AvgIpc) is 2.68. The van der Waals surface area contributed by atoms with Gasteiger partial charge in [-0.3, -0.25) is 0 Å². The number of hydrogen-bond acceptors (Lipinski definition) is 4. The predicted octanol–water partition coefficient (Wildman–Crippen LogP) is 2.63. The quantitative estimate of drug-likeness (QED) is 0.760. The molecule has 2 aliphatic heterocycles. The second-order valence-electron chi connectivity index (χ2n) is 5.91. The minimum absolute atomic E-state index is 0.436. The second-order valence-corrected chi connectivity index (χ2v) is 5.91. The van der Waals surface area contributed by atoms with Gasteiger partial charge < -0.3 is 19.6 Å². The topological polar surface area (TPSA) is 13.0 Å². The molecule has 0 aromatic carbocycles. The average molecular weight is 264 g/mol. The van der Waals surface area contributed by atoms with Crippen molar-refractivity contribution in [3.8, 4) is 0 Å². The molecule has 2 rings (SSSR count). The summed E-state index contributed by atoms with van der Waals surface area (Å²) in [6.45, 7) is 14.4. The van der Waals surface area contributed by atoms with Crippen molar-refractivity contribution in [1.82, 2.24) is 19.6 Å². The Morgan fingerprint density at radius 2 is 1.00 bits per heavy atom. The Labute approximate surface area is 117 Å². The minimum Gasteiger partial charge on any atom is -0.357 e. The third-order valence-corrected chi connectivity index (χ3v) is 5.29. The molecular weight excluding hydrogens is 236 g/mol. The lowest BCUT2D eigenvalue weighted by Gasteiger charge is -2.37. The number of hydrogen-bond donors (Lipinski definition) is 0. The van der Waals surface area contributed by atoms with E-state index in [0.29, 0.717) is 12.3 Å². The maximum atomic E-state index is 2.49. The molecule has 2 unspecified atom stereocenters. The van der Waals surface area contributed by atoms with E-state index in [9.17, 15) is 0 Å². The van der Waals surface area contributed by atoms with Gasteiger partial charge in [0.05, 0.1) is 19.0 Å². The molecule has 0 amide bonds. The van der Waals surface area contributed by atoms with Gasteiger partial charge in [-0.25, -0.2) is 0 Å². The van der Waals surface area contributed by atoms with Gasteiger partial charge in [0.1, 0.15) is 0 Å². The van der Waals surface area contributed by atoms with Crippen LogP contribution in [0.15, 0.2) is 22.8 Å². The molecule has 4 heteroatoms. The van der Waals surface area contributed by atoms with E-state index in [1.54, 1.807) is 0 Å². The molecule has 2 atom stereocenters. The maximum Gasteiger partial charge on any atom is 0.0995 e. The van der Waals surface area contributed by atoms with Gasteiger partial charge in [-0.1, -0.05) is 0 Å². The van der Waals surface area contributed by atoms with Crippen molar-refractivity contribution in [3.05, 3.63) is 22.8 Å². The van der Waals surface area contributed by atoms with E-state index in [4.69, 9.17) is 0 Å². The smallest absolute Gasteiger partial charge is 0.0995 e. The first-order valence-corrected chi connectivity index (χ1v) is 7.11. The third kappa shape index (κ3) is 1.97. The van der Waals surface area contributed by atoms with Crippen LogP contribution in [0.2, 0.25) is 0 Å². The fraction of sp³-hybridized carbons (Fsp3) is 0.733. The van der Waals surface area contributed by atoms with Gasteiger partial charge in [0.15, 0.2) is 0 Å². The highest BCUT2D eigenvalue weighted by molar-refractivity contribution is 5.19. The normalized spacial score (nSPS) is 28.4. The summed E-state index contributed by atoms with van der Waals surface area (Å²) in [5, 5.41) is 0. The molecule has 0 N–H and O–H groups in total. The van der Waals surface area contributed by atoms with Crippen LogP contribution in [0, 0.1) is 0 Å². The van der Waals surface area contributed by atoms with Crippen LogP contribution in [0.1, 0.15) is 41.5 Å². The molecule has 19 heavy (non-hydrogen) atoms. The Morgan fingerprint density at radius 1 is 0.684 bits per heavy atom. The van der Waals surface area contributed by atoms with Crippen molar-refractivity contribution < 1.29 is 0 Å². The van der Waals surface area contributed by atoms with Gasteiger partial charge >= 0.3 is 0 Å². The van der Waals surface area contributed by atoms with Crippen molar-refractivity contribution >= 4 is 0 Å². The summed E-state index contributed by atoms with van der Waals surface area (Å²) < 4.78 is 0. The van der Waals surface area contributed by atoms with Crippen LogP contribution >= 0.6 is 0 Å². The van der Waals surface area contributed by atoms with E-state index in [1.165, 1.54) is 22.8 Å². The maximum absolute atomic E-state index is 2.49. The Bertz CT molecular complexity index is 397. The van der Waals surface area contributed by atoms with Crippen molar-refractivity contribution in [2.24, 2.45) is 0 Å². The van der Waals surface area contributed by atoms with Gasteiger partial charge in [0.25, 0.3) is 0 Å². The van der Waals surface area contributed by atoms with E-state index in [2.05, 4.69) is 75.2 Å². The van der Waals surface area contributed by atoms with Gasteiger partial charge in [0, 0.05) is 36.9 Å². The molecule has 2 heterocycles. The van der Waals surface area contributed by atoms with Gasteiger partial charge in [-0.15, -0.1) is 0 Å². The Morgan fingerprint density at radius 3 is 1.21 bits per heavy atom. The van der Waals surface area contributed by atoms with Gasteiger partial charge in [-0.2, -0.15) is 0 Å². The van der Waals surface area contributed by atoms with E-state index in [1.807, 2.05) is 0 Å². The molecule has 0 saturated carbocycles. The summed E-state index contributed by atoms with van der Waals surface area (Å²) in [5.74, 6) is 0. The van der Waals surface area contributed by atoms with Crippen LogP contribution < -0.4 is 0 Å². The van der Waals surface area contributed by atoms with Crippen LogP contribution in [0.4, 0.5) is 0 Å². The Balaban J connectivity index is 2.19. The Hall–Kier alpha value is -1.32. The molecule has 0 radical (unpaired) electrons. The number of allylic oxidation sites excluding steroid dienone is 4. The molecule has 0 fully saturated rings. The van der Waals surface area contributed by atoms with Crippen LogP contribution in [-0.4, -0.2) is 52.7 Å². The highest BCUT2D eigenvalue weighted by Gasteiger charge is 2.34. The summed E-state index contributed by atoms with van der Waals surface area (Å²) >= 11 is 0. The summed E-state index contributed by atoms with van der Waals surface area (Å²) in [6.07, 6.45) is 0.873. The summed E-state index contributed by atoms with van der Waals surface area (Å²) in [4.78, 5) is 9.68. The highest BCUT2D eigenvalue weighted by atomic mass is 15.5. The van der Waals surface area contributed by atoms with E-state index < -0.39 is 0 Å². The number of rotatable bonds is 2. The first-order chi connectivity index (χ1) is 8.77. The first kappa shape index (κ1) is 14.1. The second kappa shape index (κ2) is 4.66. The zero-order valence-electron chi connectivity index (χ0n) is 13.7. The van der Waals surface area contributed by atoms with Gasteiger partial charge in [0.2, 0.25) is 0 Å². The standard InChI is InChI=1S/C15H28N4/c1-10-12(3)18(14(5)16(10)7)9-19-13(4)11(2)17(8)15(19)6/h14-15H,9H2,1-8H3. The van der Waals surface area contributed by atoms with E-state index >= 15 is 0 Å². The summed E-state index contributed by atoms with van der Waals surface area (Å²) in [6, 6.07) is 0. The summed E-state index contributed by atoms with van der Waals surface area (Å²) in [5.41, 5.74) is 5.54. The van der Waals surface area contributed by atoms with Crippen molar-refractivity contribution in [3.63, 3.8) is 0 Å². The first-order valence-electron chi connectivity index (χ1n) is 7.11. The minimum atomic E-state index is 0.436. The molecule has 0 spiro atoms. The molecule has 0 aromatic rings. The fourth-order valence-electron chi connectivity index (χ4n) is 3.08. The summed E-state index contributed by atoms with van der Waals surface area (Å²) in [7, 11) is 4.36. The van der Waals surface area contributed by atoms with Crippen molar-refractivity contribution in [2.45, 2.75) is 53.9 Å². The molecule has 108 valence electrons. The lowest BCUT2D eigenvalue weighted by molar-refractivity contribution is 0.0761. The highest BCUT2D eigenvalue weighted by Crippen LogP contribution is 2.32. The zero-order chi connectivity index (χ0) is 14.5. The zero-order valence-corrected chi connectivity index (χ0v) is 13.7. The monoisotopic (exact) mass is 264 g/mol. The van der Waals surface area contributed by atoms with Crippen molar-refractivity contribution in [1.29, 1.82) is 0 Å². The van der Waals surface area contributed by atoms with E-state index in [-0.39, 0.29) is 0 Å².